The number of halogens is 2. The van der Waals surface area contributed by atoms with E-state index in [4.69, 9.17) is 27.9 Å². The molecule has 1 N–H and O–H groups in total. The average molecular weight is 592 g/mol. The van der Waals surface area contributed by atoms with Crippen LogP contribution in [0.4, 0.5) is 5.69 Å². The molecule has 2 aromatic heterocycles. The number of aliphatic carboxylic acids is 1. The summed E-state index contributed by atoms with van der Waals surface area (Å²) in [5, 5.41) is 17.8. The maximum Gasteiger partial charge on any atom is 0.324 e. The lowest BCUT2D eigenvalue weighted by atomic mass is 10.2. The van der Waals surface area contributed by atoms with Gasteiger partial charge in [0, 0.05) is 41.2 Å². The van der Waals surface area contributed by atoms with Gasteiger partial charge >= 0.3 is 5.97 Å². The predicted molar refractivity (Wildman–Crippen MR) is 146 cm³/mol. The first kappa shape index (κ1) is 27.1. The minimum atomic E-state index is -4.18. The number of rotatable bonds is 7. The number of fused-ring (bicyclic) bond motifs is 1. The number of hydrogen-bond donors (Lipinski definition) is 1. The van der Waals surface area contributed by atoms with Crippen LogP contribution in [0.2, 0.25) is 0 Å². The molecular formula is C25H23Cl2N5O6S. The molecule has 11 nitrogen and oxygen atoms in total. The normalized spacial score (nSPS) is 18.0. The molecule has 1 aliphatic carbocycles. The van der Waals surface area contributed by atoms with E-state index < -0.39 is 27.8 Å². The van der Waals surface area contributed by atoms with Gasteiger partial charge in [0.15, 0.2) is 11.5 Å². The Hall–Kier alpha value is -3.45. The van der Waals surface area contributed by atoms with Gasteiger partial charge in [-0.15, -0.1) is 10.2 Å². The van der Waals surface area contributed by atoms with Gasteiger partial charge in [-0.2, -0.15) is 0 Å². The highest BCUT2D eigenvalue weighted by atomic mass is 35.5. The molecule has 3 aromatic rings. The van der Waals surface area contributed by atoms with Crippen molar-refractivity contribution in [1.29, 1.82) is 0 Å². The van der Waals surface area contributed by atoms with Crippen molar-refractivity contribution in [2.45, 2.75) is 11.7 Å². The van der Waals surface area contributed by atoms with E-state index in [0.29, 0.717) is 43.0 Å². The van der Waals surface area contributed by atoms with Crippen molar-refractivity contribution in [1.82, 2.24) is 19.7 Å². The Balaban J connectivity index is 1.43. The lowest BCUT2D eigenvalue weighted by molar-refractivity contribution is -0.135. The molecule has 1 saturated heterocycles. The zero-order valence-electron chi connectivity index (χ0n) is 20.4. The number of carboxylic acid groups (broad SMARTS) is 1. The summed E-state index contributed by atoms with van der Waals surface area (Å²) in [6, 6.07) is 9.79. The van der Waals surface area contributed by atoms with Crippen molar-refractivity contribution in [3.63, 3.8) is 0 Å². The van der Waals surface area contributed by atoms with Crippen LogP contribution >= 0.6 is 23.2 Å². The zero-order valence-corrected chi connectivity index (χ0v) is 22.7. The number of benzene rings is 1. The Morgan fingerprint density at radius 2 is 1.87 bits per heavy atom. The van der Waals surface area contributed by atoms with Gasteiger partial charge in [0.05, 0.1) is 24.4 Å². The first-order valence-corrected chi connectivity index (χ1v) is 14.2. The summed E-state index contributed by atoms with van der Waals surface area (Å²) < 4.78 is 34.8. The van der Waals surface area contributed by atoms with Gasteiger partial charge in [0.25, 0.3) is 5.91 Å². The molecule has 204 valence electrons. The first-order chi connectivity index (χ1) is 18.6. The van der Waals surface area contributed by atoms with E-state index in [2.05, 4.69) is 10.2 Å². The van der Waals surface area contributed by atoms with Crippen LogP contribution in [-0.4, -0.2) is 83.2 Å². The minimum absolute atomic E-state index is 0.0163. The average Bonchev–Trinajstić information content (AvgIpc) is 3.34. The molecular weight excluding hydrogens is 569 g/mol. The Morgan fingerprint density at radius 1 is 1.10 bits per heavy atom. The Morgan fingerprint density at radius 3 is 2.54 bits per heavy atom. The van der Waals surface area contributed by atoms with E-state index in [9.17, 15) is 23.1 Å². The second-order valence-electron chi connectivity index (χ2n) is 8.94. The Kier molecular flexibility index (Phi) is 7.63. The lowest BCUT2D eigenvalue weighted by Gasteiger charge is -2.28. The van der Waals surface area contributed by atoms with Crippen molar-refractivity contribution < 1.29 is 27.9 Å². The molecule has 1 aliphatic heterocycles. The van der Waals surface area contributed by atoms with Gasteiger partial charge in [-0.05, 0) is 48.6 Å². The summed E-state index contributed by atoms with van der Waals surface area (Å²) >= 11 is 12.1. The standard InChI is InChI=1S/C25H23Cl2N5O6S/c26-17-12-18(27)14-20(13-17)39(36,37)32(15-24(33)34)19-1-3-22-16(11-19)5-6-31(22)23-4-2-21(28-29-23)25(35)30-7-9-38-10-8-30/h1-6,11-13,20H,7-10,14-15H2,(H,33,34). The van der Waals surface area contributed by atoms with Crippen molar-refractivity contribution >= 4 is 61.7 Å². The number of sulfonamides is 1. The number of ether oxygens (including phenoxy) is 1. The fraction of sp³-hybridized carbons (Fsp3) is 0.280. The number of anilines is 1. The van der Waals surface area contributed by atoms with E-state index in [0.717, 1.165) is 4.31 Å². The molecule has 2 aliphatic rings. The van der Waals surface area contributed by atoms with E-state index in [1.807, 2.05) is 0 Å². The number of nitrogens with zero attached hydrogens (tertiary/aromatic N) is 5. The molecule has 39 heavy (non-hydrogen) atoms. The van der Waals surface area contributed by atoms with Crippen molar-refractivity contribution in [2.24, 2.45) is 0 Å². The molecule has 1 amide bonds. The number of hydrogen-bond acceptors (Lipinski definition) is 7. The van der Waals surface area contributed by atoms with Gasteiger partial charge in [-0.25, -0.2) is 8.42 Å². The number of aromatic nitrogens is 3. The molecule has 3 heterocycles. The largest absolute Gasteiger partial charge is 0.480 e. The maximum absolute atomic E-state index is 13.5. The molecule has 1 aromatic carbocycles. The lowest BCUT2D eigenvalue weighted by Crippen LogP contribution is -2.41. The van der Waals surface area contributed by atoms with Crippen molar-refractivity contribution in [3.05, 3.63) is 70.5 Å². The molecule has 14 heteroatoms. The van der Waals surface area contributed by atoms with Gasteiger partial charge in [-0.3, -0.25) is 18.5 Å². The molecule has 0 radical (unpaired) electrons. The number of morpholine rings is 1. The fourth-order valence-electron chi connectivity index (χ4n) is 4.47. The monoisotopic (exact) mass is 591 g/mol. The quantitative estimate of drug-likeness (QED) is 0.442. The predicted octanol–water partition coefficient (Wildman–Crippen LogP) is 3.13. The van der Waals surface area contributed by atoms with Crippen LogP contribution in [0, 0.1) is 0 Å². The molecule has 1 atom stereocenters. The second kappa shape index (κ2) is 11.0. The molecule has 0 saturated carbocycles. The minimum Gasteiger partial charge on any atom is -0.480 e. The fourth-order valence-corrected chi connectivity index (χ4v) is 7.00. The third-order valence-corrected chi connectivity index (χ3v) is 8.90. The second-order valence-corrected chi connectivity index (χ2v) is 11.9. The van der Waals surface area contributed by atoms with Crippen molar-refractivity contribution in [2.75, 3.05) is 37.2 Å². The highest BCUT2D eigenvalue weighted by Crippen LogP contribution is 2.32. The highest BCUT2D eigenvalue weighted by molar-refractivity contribution is 7.93. The van der Waals surface area contributed by atoms with E-state index in [-0.39, 0.29) is 33.8 Å². The van der Waals surface area contributed by atoms with E-state index in [1.165, 1.54) is 18.2 Å². The first-order valence-electron chi connectivity index (χ1n) is 11.9. The third-order valence-electron chi connectivity index (χ3n) is 6.38. The Bertz CT molecular complexity index is 1600. The summed E-state index contributed by atoms with van der Waals surface area (Å²) in [6.07, 6.45) is 4.52. The summed E-state index contributed by atoms with van der Waals surface area (Å²) in [5.74, 6) is -1.08. The zero-order chi connectivity index (χ0) is 27.7. The van der Waals surface area contributed by atoms with E-state index in [1.54, 1.807) is 46.0 Å². The summed E-state index contributed by atoms with van der Waals surface area (Å²) in [5.41, 5.74) is 1.08. The molecule has 5 rings (SSSR count). The molecule has 1 unspecified atom stereocenters. The van der Waals surface area contributed by atoms with Crippen LogP contribution in [0.1, 0.15) is 16.9 Å². The van der Waals surface area contributed by atoms with Crippen molar-refractivity contribution in [3.8, 4) is 5.82 Å². The SMILES string of the molecule is O=C(O)CN(c1ccc2c(ccn2-c2ccc(C(=O)N3CCOCC3)nn2)c1)S(=O)(=O)C1C=C(Cl)C=C(Cl)C1. The molecule has 0 bridgehead atoms. The number of allylic oxidation sites excluding steroid dienone is 3. The number of carbonyl (C=O) groups is 2. The molecule has 0 spiro atoms. The van der Waals surface area contributed by atoms with Gasteiger partial charge in [0.1, 0.15) is 11.8 Å². The smallest absolute Gasteiger partial charge is 0.324 e. The summed E-state index contributed by atoms with van der Waals surface area (Å²) in [4.78, 5) is 26.0. The number of amides is 1. The summed E-state index contributed by atoms with van der Waals surface area (Å²) in [6.45, 7) is 1.18. The topological polar surface area (TPSA) is 135 Å². The van der Waals surface area contributed by atoms with Gasteiger partial charge in [0.2, 0.25) is 10.0 Å². The van der Waals surface area contributed by atoms with Crippen LogP contribution in [0.3, 0.4) is 0 Å². The van der Waals surface area contributed by atoms with Crippen LogP contribution in [-0.2, 0) is 19.6 Å². The third kappa shape index (κ3) is 5.64. The highest BCUT2D eigenvalue weighted by Gasteiger charge is 2.34. The number of carbonyl (C=O) groups excluding carboxylic acids is 1. The van der Waals surface area contributed by atoms with Crippen LogP contribution < -0.4 is 4.31 Å². The van der Waals surface area contributed by atoms with Crippen LogP contribution in [0.25, 0.3) is 16.7 Å². The van der Waals surface area contributed by atoms with Crippen LogP contribution in [0.5, 0.6) is 0 Å². The number of carboxylic acids is 1. The maximum atomic E-state index is 13.5. The Labute approximate surface area is 233 Å². The molecule has 1 fully saturated rings. The van der Waals surface area contributed by atoms with E-state index >= 15 is 0 Å². The van der Waals surface area contributed by atoms with Crippen LogP contribution in [0.15, 0.2) is 64.8 Å². The van der Waals surface area contributed by atoms with Gasteiger partial charge in [-0.1, -0.05) is 23.2 Å². The van der Waals surface area contributed by atoms with Gasteiger partial charge < -0.3 is 14.7 Å². The summed E-state index contributed by atoms with van der Waals surface area (Å²) in [7, 11) is -4.18.